The number of hydrogen-bond donors (Lipinski definition) is 1. The lowest BCUT2D eigenvalue weighted by Crippen LogP contribution is -2.03. The molecule has 0 saturated heterocycles. The van der Waals surface area contributed by atoms with Crippen LogP contribution in [0.25, 0.3) is 0 Å². The van der Waals surface area contributed by atoms with Crippen molar-refractivity contribution in [1.82, 2.24) is 9.36 Å². The van der Waals surface area contributed by atoms with E-state index >= 15 is 0 Å². The lowest BCUT2D eigenvalue weighted by molar-refractivity contribution is 1.10. The van der Waals surface area contributed by atoms with Crippen LogP contribution >= 0.6 is 23.3 Å². The molecule has 0 fully saturated rings. The van der Waals surface area contributed by atoms with E-state index in [0.29, 0.717) is 6.54 Å². The molecule has 1 rings (SSSR count). The Morgan fingerprint density at radius 3 is 3.00 bits per heavy atom. The van der Waals surface area contributed by atoms with Crippen LogP contribution in [0.5, 0.6) is 0 Å². The highest BCUT2D eigenvalue weighted by atomic mass is 32.2. The maximum Gasteiger partial charge on any atom is 0.170 e. The molecule has 66 valence electrons. The first kappa shape index (κ1) is 9.70. The van der Waals surface area contributed by atoms with Gasteiger partial charge in [0.05, 0.1) is 0 Å². The summed E-state index contributed by atoms with van der Waals surface area (Å²) in [5.74, 6) is 1.67. The highest BCUT2D eigenvalue weighted by Crippen LogP contribution is 2.21. The first-order valence-corrected chi connectivity index (χ1v) is 5.28. The molecule has 2 N–H and O–H groups in total. The molecular formula is C7H11N3S2. The van der Waals surface area contributed by atoms with Gasteiger partial charge >= 0.3 is 0 Å². The van der Waals surface area contributed by atoms with E-state index in [2.05, 4.69) is 15.9 Å². The quantitative estimate of drug-likeness (QED) is 0.592. The predicted molar refractivity (Wildman–Crippen MR) is 53.6 cm³/mol. The van der Waals surface area contributed by atoms with Crippen molar-refractivity contribution in [2.75, 3.05) is 12.3 Å². The average Bonchev–Trinajstić information content (AvgIpc) is 2.47. The van der Waals surface area contributed by atoms with Crippen LogP contribution in [0.1, 0.15) is 5.82 Å². The molecule has 3 nitrogen and oxygen atoms in total. The minimum absolute atomic E-state index is 0.546. The lowest BCUT2D eigenvalue weighted by atomic mass is 10.4. The number of rotatable bonds is 4. The molecule has 1 heterocycles. The van der Waals surface area contributed by atoms with E-state index in [4.69, 9.17) is 5.73 Å². The van der Waals surface area contributed by atoms with Crippen molar-refractivity contribution >= 4 is 23.3 Å². The van der Waals surface area contributed by atoms with Crippen molar-refractivity contribution in [3.05, 3.63) is 18.0 Å². The van der Waals surface area contributed by atoms with E-state index in [0.717, 1.165) is 21.5 Å². The summed E-state index contributed by atoms with van der Waals surface area (Å²) in [6.45, 7) is 6.24. The van der Waals surface area contributed by atoms with Gasteiger partial charge in [0.15, 0.2) is 4.34 Å². The smallest absolute Gasteiger partial charge is 0.170 e. The van der Waals surface area contributed by atoms with Crippen molar-refractivity contribution in [1.29, 1.82) is 0 Å². The summed E-state index contributed by atoms with van der Waals surface area (Å²) in [7, 11) is 0. The molecule has 0 aliphatic rings. The van der Waals surface area contributed by atoms with E-state index in [9.17, 15) is 0 Å². The molecule has 0 spiro atoms. The third-order valence-corrected chi connectivity index (χ3v) is 3.27. The molecule has 0 aromatic carbocycles. The van der Waals surface area contributed by atoms with Gasteiger partial charge in [0.1, 0.15) is 5.82 Å². The van der Waals surface area contributed by atoms with E-state index in [-0.39, 0.29) is 0 Å². The van der Waals surface area contributed by atoms with E-state index in [1.54, 1.807) is 11.8 Å². The standard InChI is InChI=1S/C7H11N3S2/c1-5(3-8)4-11-7-9-6(2)10-12-7/h1,3-4,8H2,2H3. The summed E-state index contributed by atoms with van der Waals surface area (Å²) in [4.78, 5) is 4.21. The SMILES string of the molecule is C=C(CN)CSc1nc(C)ns1. The number of nitrogens with two attached hydrogens (primary N) is 1. The minimum Gasteiger partial charge on any atom is -0.327 e. The number of thioether (sulfide) groups is 1. The van der Waals surface area contributed by atoms with Crippen LogP contribution in [0.15, 0.2) is 16.5 Å². The Balaban J connectivity index is 2.38. The summed E-state index contributed by atoms with van der Waals surface area (Å²) in [6, 6.07) is 0. The van der Waals surface area contributed by atoms with Crippen LogP contribution in [-0.2, 0) is 0 Å². The molecule has 12 heavy (non-hydrogen) atoms. The zero-order valence-electron chi connectivity index (χ0n) is 6.91. The highest BCUT2D eigenvalue weighted by molar-refractivity contribution is 8.01. The van der Waals surface area contributed by atoms with Crippen LogP contribution in [0.2, 0.25) is 0 Å². The van der Waals surface area contributed by atoms with Crippen LogP contribution in [-0.4, -0.2) is 21.7 Å². The Bertz CT molecular complexity index is 269. The number of aromatic nitrogens is 2. The normalized spacial score (nSPS) is 10.2. The Labute approximate surface area is 80.3 Å². The average molecular weight is 201 g/mol. The number of aryl methyl sites for hydroxylation is 1. The summed E-state index contributed by atoms with van der Waals surface area (Å²) in [6.07, 6.45) is 0. The van der Waals surface area contributed by atoms with Crippen LogP contribution < -0.4 is 5.73 Å². The molecule has 1 aromatic heterocycles. The highest BCUT2D eigenvalue weighted by Gasteiger charge is 2.00. The van der Waals surface area contributed by atoms with E-state index < -0.39 is 0 Å². The second-order valence-electron chi connectivity index (χ2n) is 2.35. The molecule has 5 heteroatoms. The topological polar surface area (TPSA) is 51.8 Å². The zero-order chi connectivity index (χ0) is 8.97. The Morgan fingerprint density at radius 1 is 1.75 bits per heavy atom. The van der Waals surface area contributed by atoms with Gasteiger partial charge in [0.2, 0.25) is 0 Å². The molecular weight excluding hydrogens is 190 g/mol. The van der Waals surface area contributed by atoms with Crippen molar-refractivity contribution < 1.29 is 0 Å². The first-order chi connectivity index (χ1) is 5.72. The van der Waals surface area contributed by atoms with Gasteiger partial charge in [-0.05, 0) is 18.5 Å². The molecule has 1 aromatic rings. The summed E-state index contributed by atoms with van der Waals surface area (Å²) in [5, 5.41) is 0. The second-order valence-corrected chi connectivity index (χ2v) is 4.32. The van der Waals surface area contributed by atoms with Gasteiger partial charge in [-0.1, -0.05) is 23.9 Å². The minimum atomic E-state index is 0.546. The maximum atomic E-state index is 5.40. The van der Waals surface area contributed by atoms with Gasteiger partial charge in [-0.25, -0.2) is 4.98 Å². The molecule has 0 aliphatic carbocycles. The fourth-order valence-corrected chi connectivity index (χ4v) is 2.12. The van der Waals surface area contributed by atoms with Crippen molar-refractivity contribution in [2.24, 2.45) is 5.73 Å². The second kappa shape index (κ2) is 4.59. The maximum absolute atomic E-state index is 5.40. The lowest BCUT2D eigenvalue weighted by Gasteiger charge is -1.97. The Morgan fingerprint density at radius 2 is 2.50 bits per heavy atom. The Hall–Kier alpha value is -0.390. The molecule has 0 atom stereocenters. The van der Waals surface area contributed by atoms with E-state index in [1.807, 2.05) is 6.92 Å². The van der Waals surface area contributed by atoms with Crippen LogP contribution in [0, 0.1) is 6.92 Å². The van der Waals surface area contributed by atoms with Gasteiger partial charge in [-0.3, -0.25) is 0 Å². The van der Waals surface area contributed by atoms with Crippen molar-refractivity contribution in [2.45, 2.75) is 11.3 Å². The molecule has 0 saturated carbocycles. The van der Waals surface area contributed by atoms with Crippen molar-refractivity contribution in [3.8, 4) is 0 Å². The van der Waals surface area contributed by atoms with E-state index in [1.165, 1.54) is 11.5 Å². The van der Waals surface area contributed by atoms with Gasteiger partial charge in [-0.2, -0.15) is 4.37 Å². The first-order valence-electron chi connectivity index (χ1n) is 3.52. The predicted octanol–water partition coefficient (Wildman–Crippen LogP) is 1.45. The molecule has 0 radical (unpaired) electrons. The third kappa shape index (κ3) is 2.92. The molecule has 0 amide bonds. The van der Waals surface area contributed by atoms with Gasteiger partial charge in [-0.15, -0.1) is 0 Å². The van der Waals surface area contributed by atoms with Gasteiger partial charge in [0, 0.05) is 12.3 Å². The summed E-state index contributed by atoms with van der Waals surface area (Å²) in [5.41, 5.74) is 6.43. The van der Waals surface area contributed by atoms with Crippen molar-refractivity contribution in [3.63, 3.8) is 0 Å². The Kier molecular flexibility index (Phi) is 3.71. The zero-order valence-corrected chi connectivity index (χ0v) is 8.54. The van der Waals surface area contributed by atoms with Crippen LogP contribution in [0.4, 0.5) is 0 Å². The monoisotopic (exact) mass is 201 g/mol. The number of hydrogen-bond acceptors (Lipinski definition) is 5. The molecule has 0 bridgehead atoms. The largest absolute Gasteiger partial charge is 0.327 e. The van der Waals surface area contributed by atoms with Gasteiger partial charge < -0.3 is 5.73 Å². The number of nitrogens with zero attached hydrogens (tertiary/aromatic N) is 2. The van der Waals surface area contributed by atoms with Gasteiger partial charge in [0.25, 0.3) is 0 Å². The fourth-order valence-electron chi connectivity index (χ4n) is 0.559. The molecule has 0 aliphatic heterocycles. The third-order valence-electron chi connectivity index (χ3n) is 1.20. The van der Waals surface area contributed by atoms with Crippen LogP contribution in [0.3, 0.4) is 0 Å². The summed E-state index contributed by atoms with van der Waals surface area (Å²) >= 11 is 3.06. The summed E-state index contributed by atoms with van der Waals surface area (Å²) < 4.78 is 5.06. The fraction of sp³-hybridized carbons (Fsp3) is 0.429. The molecule has 0 unspecified atom stereocenters.